The molecule has 2 aromatic heterocycles. The van der Waals surface area contributed by atoms with Crippen molar-refractivity contribution in [1.82, 2.24) is 15.0 Å². The topological polar surface area (TPSA) is 57.1 Å². The van der Waals surface area contributed by atoms with E-state index in [9.17, 15) is 0 Å². The van der Waals surface area contributed by atoms with Crippen molar-refractivity contribution in [3.63, 3.8) is 0 Å². The molecule has 0 spiro atoms. The minimum absolute atomic E-state index is 0.251. The molecule has 0 bridgehead atoms. The van der Waals surface area contributed by atoms with Crippen LogP contribution in [0.1, 0.15) is 36.6 Å². The first-order valence-corrected chi connectivity index (χ1v) is 8.25. The van der Waals surface area contributed by atoms with Gasteiger partial charge in [0.1, 0.15) is 23.5 Å². The van der Waals surface area contributed by atoms with Crippen molar-refractivity contribution in [3.8, 4) is 29.1 Å². The van der Waals surface area contributed by atoms with Gasteiger partial charge in [-0.05, 0) is 30.0 Å². The van der Waals surface area contributed by atoms with Crippen LogP contribution in [0.3, 0.4) is 0 Å². The van der Waals surface area contributed by atoms with Crippen molar-refractivity contribution in [2.75, 3.05) is 7.11 Å². The molecular weight excluding hydrogens is 326 g/mol. The second kappa shape index (κ2) is 8.13. The zero-order valence-corrected chi connectivity index (χ0v) is 14.9. The summed E-state index contributed by atoms with van der Waals surface area (Å²) in [4.78, 5) is 12.2. The largest absolute Gasteiger partial charge is 0.495 e. The zero-order chi connectivity index (χ0) is 18.4. The van der Waals surface area contributed by atoms with Gasteiger partial charge in [0.25, 0.3) is 0 Å². The van der Waals surface area contributed by atoms with Gasteiger partial charge in [0.15, 0.2) is 5.75 Å². The zero-order valence-electron chi connectivity index (χ0n) is 14.9. The highest BCUT2D eigenvalue weighted by Gasteiger charge is 2.14. The van der Waals surface area contributed by atoms with Crippen LogP contribution >= 0.6 is 0 Å². The van der Waals surface area contributed by atoms with Crippen LogP contribution in [0.5, 0.6) is 17.2 Å². The van der Waals surface area contributed by atoms with Gasteiger partial charge in [-0.2, -0.15) is 0 Å². The molecule has 1 aromatic carbocycles. The number of nitrogens with zero attached hydrogens (tertiary/aromatic N) is 3. The van der Waals surface area contributed by atoms with E-state index in [-0.39, 0.29) is 5.92 Å². The Hall–Kier alpha value is -3.39. The molecule has 0 saturated heterocycles. The van der Waals surface area contributed by atoms with Gasteiger partial charge >= 0.3 is 0 Å². The lowest BCUT2D eigenvalue weighted by Crippen LogP contribution is -1.98. The van der Waals surface area contributed by atoms with Gasteiger partial charge in [-0.1, -0.05) is 25.8 Å². The molecule has 0 aliphatic carbocycles. The fraction of sp³-hybridized carbons (Fsp3) is 0.190. The Morgan fingerprint density at radius 1 is 1.00 bits per heavy atom. The van der Waals surface area contributed by atoms with Crippen LogP contribution in [0.25, 0.3) is 0 Å². The standard InChI is InChI=1S/C21H19N3O2/c1-15(2)19-11-20(25-3)16(7-8-17-6-4-5-9-24-17)10-21(19)26-18-12-22-14-23-13-18/h4-6,9-15H,1-3H3. The van der Waals surface area contributed by atoms with E-state index < -0.39 is 0 Å². The fourth-order valence-corrected chi connectivity index (χ4v) is 2.41. The lowest BCUT2D eigenvalue weighted by Gasteiger charge is -2.16. The van der Waals surface area contributed by atoms with Crippen molar-refractivity contribution >= 4 is 0 Å². The van der Waals surface area contributed by atoms with Crippen LogP contribution in [0.2, 0.25) is 0 Å². The summed E-state index contributed by atoms with van der Waals surface area (Å²) in [6.07, 6.45) is 6.43. The SMILES string of the molecule is COc1cc(C(C)C)c(Oc2cncnc2)cc1C#Cc1ccccn1. The second-order valence-electron chi connectivity index (χ2n) is 5.89. The van der Waals surface area contributed by atoms with E-state index in [0.717, 1.165) is 11.1 Å². The minimum atomic E-state index is 0.251. The number of pyridine rings is 1. The maximum atomic E-state index is 6.00. The molecule has 5 heteroatoms. The average Bonchev–Trinajstić information content (AvgIpc) is 2.67. The number of hydrogen-bond donors (Lipinski definition) is 0. The van der Waals surface area contributed by atoms with Crippen molar-refractivity contribution in [3.05, 3.63) is 72.1 Å². The van der Waals surface area contributed by atoms with Crippen molar-refractivity contribution < 1.29 is 9.47 Å². The van der Waals surface area contributed by atoms with Gasteiger partial charge in [-0.15, -0.1) is 0 Å². The van der Waals surface area contributed by atoms with Crippen LogP contribution in [0.4, 0.5) is 0 Å². The predicted molar refractivity (Wildman–Crippen MR) is 99.4 cm³/mol. The Bertz CT molecular complexity index is 930. The quantitative estimate of drug-likeness (QED) is 0.664. The summed E-state index contributed by atoms with van der Waals surface area (Å²) >= 11 is 0. The first-order chi connectivity index (χ1) is 12.7. The van der Waals surface area contributed by atoms with E-state index in [0.29, 0.717) is 22.9 Å². The summed E-state index contributed by atoms with van der Waals surface area (Å²) in [5, 5.41) is 0. The van der Waals surface area contributed by atoms with Crippen LogP contribution in [0, 0.1) is 11.8 Å². The molecule has 0 saturated carbocycles. The Labute approximate surface area is 153 Å². The Morgan fingerprint density at radius 3 is 2.46 bits per heavy atom. The lowest BCUT2D eigenvalue weighted by atomic mass is 9.99. The van der Waals surface area contributed by atoms with Gasteiger partial charge in [0.05, 0.1) is 25.1 Å². The summed E-state index contributed by atoms with van der Waals surface area (Å²) in [6.45, 7) is 4.20. The van der Waals surface area contributed by atoms with Crippen LogP contribution in [-0.4, -0.2) is 22.1 Å². The molecule has 0 atom stereocenters. The van der Waals surface area contributed by atoms with Gasteiger partial charge in [-0.3, -0.25) is 0 Å². The third-order valence-electron chi connectivity index (χ3n) is 3.71. The van der Waals surface area contributed by atoms with Crippen LogP contribution in [0.15, 0.2) is 55.2 Å². The van der Waals surface area contributed by atoms with E-state index >= 15 is 0 Å². The summed E-state index contributed by atoms with van der Waals surface area (Å²) < 4.78 is 11.5. The van der Waals surface area contributed by atoms with Crippen molar-refractivity contribution in [1.29, 1.82) is 0 Å². The number of ether oxygens (including phenoxy) is 2. The molecule has 130 valence electrons. The molecule has 0 amide bonds. The Balaban J connectivity index is 2.04. The maximum absolute atomic E-state index is 6.00. The third kappa shape index (κ3) is 4.17. The van der Waals surface area contributed by atoms with Gasteiger partial charge in [-0.25, -0.2) is 15.0 Å². The first-order valence-electron chi connectivity index (χ1n) is 8.25. The minimum Gasteiger partial charge on any atom is -0.495 e. The summed E-state index contributed by atoms with van der Waals surface area (Å²) in [6, 6.07) is 9.47. The maximum Gasteiger partial charge on any atom is 0.164 e. The van der Waals surface area contributed by atoms with Gasteiger partial charge in [0, 0.05) is 17.8 Å². The predicted octanol–water partition coefficient (Wildman–Crippen LogP) is 4.20. The number of methoxy groups -OCH3 is 1. The summed E-state index contributed by atoms with van der Waals surface area (Å²) in [5.41, 5.74) is 2.45. The summed E-state index contributed by atoms with van der Waals surface area (Å²) in [7, 11) is 1.64. The van der Waals surface area contributed by atoms with Crippen molar-refractivity contribution in [2.45, 2.75) is 19.8 Å². The highest BCUT2D eigenvalue weighted by atomic mass is 16.5. The van der Waals surface area contributed by atoms with E-state index in [1.165, 1.54) is 6.33 Å². The van der Waals surface area contributed by atoms with E-state index in [1.54, 1.807) is 25.7 Å². The number of aromatic nitrogens is 3. The smallest absolute Gasteiger partial charge is 0.164 e. The second-order valence-corrected chi connectivity index (χ2v) is 5.89. The Morgan fingerprint density at radius 2 is 1.81 bits per heavy atom. The highest BCUT2D eigenvalue weighted by Crippen LogP contribution is 2.35. The molecule has 2 heterocycles. The van der Waals surface area contributed by atoms with Gasteiger partial charge in [0.2, 0.25) is 0 Å². The number of rotatable bonds is 4. The summed E-state index contributed by atoms with van der Waals surface area (Å²) in [5.74, 6) is 8.41. The first kappa shape index (κ1) is 17.4. The third-order valence-corrected chi connectivity index (χ3v) is 3.71. The lowest BCUT2D eigenvalue weighted by molar-refractivity contribution is 0.409. The van der Waals surface area contributed by atoms with Gasteiger partial charge < -0.3 is 9.47 Å². The molecule has 0 aliphatic rings. The van der Waals surface area contributed by atoms with E-state index in [2.05, 4.69) is 40.6 Å². The van der Waals surface area contributed by atoms with Crippen LogP contribution in [-0.2, 0) is 0 Å². The molecule has 0 unspecified atom stereocenters. The van der Waals surface area contributed by atoms with Crippen molar-refractivity contribution in [2.24, 2.45) is 0 Å². The molecule has 0 radical (unpaired) electrons. The Kier molecular flexibility index (Phi) is 5.45. The average molecular weight is 345 g/mol. The van der Waals surface area contributed by atoms with Crippen LogP contribution < -0.4 is 9.47 Å². The molecule has 0 N–H and O–H groups in total. The molecular formula is C21H19N3O2. The monoisotopic (exact) mass is 345 g/mol. The van der Waals surface area contributed by atoms with E-state index in [4.69, 9.17) is 9.47 Å². The fourth-order valence-electron chi connectivity index (χ4n) is 2.41. The molecule has 26 heavy (non-hydrogen) atoms. The number of benzene rings is 1. The highest BCUT2D eigenvalue weighted by molar-refractivity contribution is 5.56. The number of hydrogen-bond acceptors (Lipinski definition) is 5. The molecule has 5 nitrogen and oxygen atoms in total. The normalized spacial score (nSPS) is 10.2. The molecule has 3 rings (SSSR count). The molecule has 3 aromatic rings. The van der Waals surface area contributed by atoms with E-state index in [1.807, 2.05) is 30.3 Å². The molecule has 0 aliphatic heterocycles. The molecule has 0 fully saturated rings.